The van der Waals surface area contributed by atoms with Crippen LogP contribution in [0.25, 0.3) is 0 Å². The molecular weight excluding hydrogens is 701 g/mol. The third-order valence-corrected chi connectivity index (χ3v) is 20.1. The Kier molecular flexibility index (Phi) is 11.2. The smallest absolute Gasteiger partial charge is 0.305 e. The Labute approximate surface area is 319 Å². The lowest BCUT2D eigenvalue weighted by Gasteiger charge is -2.61. The van der Waals surface area contributed by atoms with E-state index in [-0.39, 0.29) is 76.5 Å². The molecule has 6 aliphatic carbocycles. The Balaban J connectivity index is 0.000000162. The third-order valence-electron chi connectivity index (χ3n) is 16.8. The molecule has 52 heavy (non-hydrogen) atoms. The number of ether oxygens (including phenoxy) is 2. The first kappa shape index (κ1) is 39.7. The van der Waals surface area contributed by atoms with Gasteiger partial charge in [0.25, 0.3) is 0 Å². The molecule has 0 bridgehead atoms. The maximum absolute atomic E-state index is 11.9. The standard InChI is InChI=1S/C21H34O5S.C20H32O4S/c1-3-17(25)26-16-10-27-19-18-14(5-7-21(16,19)11-22)20(2)6-4-13(23)8-12(20)9-15(18)24;1-11(21)24-16-10-25-18-17-14(5-7-20(16,18)3)19(2)6-4-13(22)8-12(19)9-15(17)23/h12-16,18-19,22-24H,3-11H2,1-2H3;12-18,22-23H,4-10H2,1-3H3/t12?,13-,14?,15-,16-,18?,19?,20-,21-;12?,13-,14?,15-,16-,17?,18?,19-,20+/m00/s1. The van der Waals surface area contributed by atoms with Crippen LogP contribution in [0.15, 0.2) is 0 Å². The lowest BCUT2D eigenvalue weighted by atomic mass is 9.46. The fourth-order valence-corrected chi connectivity index (χ4v) is 17.8. The molecule has 5 N–H and O–H groups in total. The van der Waals surface area contributed by atoms with Gasteiger partial charge in [0.1, 0.15) is 12.2 Å². The average molecular weight is 767 g/mol. The quantitative estimate of drug-likeness (QED) is 0.235. The third kappa shape index (κ3) is 6.42. The van der Waals surface area contributed by atoms with E-state index in [1.165, 1.54) is 6.92 Å². The minimum absolute atomic E-state index is 0.0150. The fraction of sp³-hybridized carbons (Fsp3) is 0.951. The van der Waals surface area contributed by atoms with Crippen molar-refractivity contribution >= 4 is 35.5 Å². The summed E-state index contributed by atoms with van der Waals surface area (Å²) < 4.78 is 11.4. The Morgan fingerprint density at radius 1 is 0.673 bits per heavy atom. The molecule has 18 atom stereocenters. The summed E-state index contributed by atoms with van der Waals surface area (Å²) in [6.45, 7) is 10.4. The van der Waals surface area contributed by atoms with Gasteiger partial charge in [-0.25, -0.2) is 0 Å². The number of esters is 2. The zero-order valence-corrected chi connectivity index (χ0v) is 33.7. The molecule has 0 aromatic carbocycles. The number of aliphatic hydroxyl groups excluding tert-OH is 5. The van der Waals surface area contributed by atoms with Gasteiger partial charge in [0.05, 0.1) is 31.0 Å². The number of hydrogen-bond donors (Lipinski definition) is 5. The highest BCUT2D eigenvalue weighted by Crippen LogP contribution is 2.67. The van der Waals surface area contributed by atoms with Gasteiger partial charge in [-0.1, -0.05) is 27.7 Å². The summed E-state index contributed by atoms with van der Waals surface area (Å²) >= 11 is 3.71. The van der Waals surface area contributed by atoms with E-state index in [0.717, 1.165) is 82.8 Å². The van der Waals surface area contributed by atoms with Gasteiger partial charge in [0.2, 0.25) is 0 Å². The molecule has 2 aliphatic heterocycles. The summed E-state index contributed by atoms with van der Waals surface area (Å²) in [6, 6.07) is 0. The molecule has 0 aromatic rings. The molecule has 2 heterocycles. The van der Waals surface area contributed by atoms with Crippen LogP contribution in [0, 0.1) is 57.2 Å². The van der Waals surface area contributed by atoms with Gasteiger partial charge in [0.15, 0.2) is 0 Å². The summed E-state index contributed by atoms with van der Waals surface area (Å²) in [6.07, 6.45) is 10.0. The van der Waals surface area contributed by atoms with Crippen molar-refractivity contribution in [2.24, 2.45) is 57.2 Å². The van der Waals surface area contributed by atoms with Crippen LogP contribution in [0.5, 0.6) is 0 Å². The van der Waals surface area contributed by atoms with Crippen molar-refractivity contribution in [3.8, 4) is 0 Å². The molecule has 0 amide bonds. The number of thioether (sulfide) groups is 2. The van der Waals surface area contributed by atoms with Crippen LogP contribution in [0.3, 0.4) is 0 Å². The normalized spacial score (nSPS) is 53.3. The van der Waals surface area contributed by atoms with E-state index in [9.17, 15) is 35.1 Å². The number of carbonyl (C=O) groups is 2. The van der Waals surface area contributed by atoms with Crippen LogP contribution in [-0.4, -0.2) is 103 Å². The number of rotatable bonds is 4. The Morgan fingerprint density at radius 3 is 1.71 bits per heavy atom. The van der Waals surface area contributed by atoms with Crippen LogP contribution in [0.2, 0.25) is 0 Å². The molecule has 9 nitrogen and oxygen atoms in total. The van der Waals surface area contributed by atoms with Gasteiger partial charge in [-0.3, -0.25) is 9.59 Å². The predicted octanol–water partition coefficient (Wildman–Crippen LogP) is 5.36. The molecule has 296 valence electrons. The van der Waals surface area contributed by atoms with Crippen molar-refractivity contribution in [3.05, 3.63) is 0 Å². The monoisotopic (exact) mass is 766 g/mol. The van der Waals surface area contributed by atoms with E-state index in [1.54, 1.807) is 18.7 Å². The maximum atomic E-state index is 11.9. The van der Waals surface area contributed by atoms with E-state index < -0.39 is 11.5 Å². The van der Waals surface area contributed by atoms with E-state index in [4.69, 9.17) is 9.47 Å². The molecule has 8 unspecified atom stereocenters. The van der Waals surface area contributed by atoms with Crippen LogP contribution < -0.4 is 0 Å². The highest BCUT2D eigenvalue weighted by molar-refractivity contribution is 8.00. The first-order chi connectivity index (χ1) is 24.6. The number of aliphatic hydroxyl groups is 5. The molecule has 2 saturated heterocycles. The van der Waals surface area contributed by atoms with Crippen LogP contribution in [0.4, 0.5) is 0 Å². The van der Waals surface area contributed by atoms with Gasteiger partial charge < -0.3 is 35.0 Å². The lowest BCUT2D eigenvalue weighted by molar-refractivity contribution is -0.175. The number of hydrogen-bond acceptors (Lipinski definition) is 11. The second-order valence-corrected chi connectivity index (χ2v) is 21.5. The van der Waals surface area contributed by atoms with Crippen molar-refractivity contribution in [3.63, 3.8) is 0 Å². The van der Waals surface area contributed by atoms with Crippen molar-refractivity contribution in [1.29, 1.82) is 0 Å². The van der Waals surface area contributed by atoms with Crippen LogP contribution >= 0.6 is 23.5 Å². The highest BCUT2D eigenvalue weighted by atomic mass is 32.2. The Morgan fingerprint density at radius 2 is 1.17 bits per heavy atom. The summed E-state index contributed by atoms with van der Waals surface area (Å²) in [5.41, 5.74) is -0.0428. The van der Waals surface area contributed by atoms with Gasteiger partial charge in [-0.15, -0.1) is 0 Å². The second-order valence-electron chi connectivity index (χ2n) is 19.1. The lowest BCUT2D eigenvalue weighted by Crippen LogP contribution is -2.62. The second kappa shape index (κ2) is 14.7. The Bertz CT molecular complexity index is 1330. The zero-order chi connectivity index (χ0) is 37.4. The molecule has 8 fully saturated rings. The van der Waals surface area contributed by atoms with Gasteiger partial charge in [-0.2, -0.15) is 23.5 Å². The van der Waals surface area contributed by atoms with E-state index in [0.29, 0.717) is 47.0 Å². The molecule has 0 spiro atoms. The van der Waals surface area contributed by atoms with Gasteiger partial charge in [0, 0.05) is 58.0 Å². The van der Waals surface area contributed by atoms with E-state index in [2.05, 4.69) is 20.8 Å². The summed E-state index contributed by atoms with van der Waals surface area (Å²) in [5, 5.41) is 53.4. The molecule has 6 saturated carbocycles. The summed E-state index contributed by atoms with van der Waals surface area (Å²) in [5.74, 6) is 3.36. The molecule has 11 heteroatoms. The van der Waals surface area contributed by atoms with Gasteiger partial charge in [-0.05, 0) is 112 Å². The highest BCUT2D eigenvalue weighted by Gasteiger charge is 2.66. The summed E-state index contributed by atoms with van der Waals surface area (Å²) in [4.78, 5) is 23.5. The van der Waals surface area contributed by atoms with Crippen molar-refractivity contribution in [1.82, 2.24) is 0 Å². The molecule has 8 rings (SSSR count). The first-order valence-corrected chi connectivity index (χ1v) is 22.6. The Hall–Kier alpha value is -0.560. The SMILES string of the molecule is CC(=O)O[C@H]1CSC2C3C(CC[C@@]21C)[C@@]1(C)CC[C@H](O)CC1C[C@@H]3O.CCC(=O)O[C@H]1CSC2C3C(CC[C@@]21CO)[C@@]1(C)CC[C@H](O)CC1C[C@@H]3O. The molecule has 0 radical (unpaired) electrons. The largest absolute Gasteiger partial charge is 0.461 e. The minimum Gasteiger partial charge on any atom is -0.461 e. The van der Waals surface area contributed by atoms with Crippen molar-refractivity contribution in [2.45, 2.75) is 165 Å². The number of fused-ring (bicyclic) bond motifs is 10. The van der Waals surface area contributed by atoms with E-state index >= 15 is 0 Å². The number of carbonyl (C=O) groups excluding carboxylic acids is 2. The summed E-state index contributed by atoms with van der Waals surface area (Å²) in [7, 11) is 0. The van der Waals surface area contributed by atoms with Crippen LogP contribution in [0.1, 0.15) is 118 Å². The van der Waals surface area contributed by atoms with Crippen molar-refractivity contribution < 1.29 is 44.6 Å². The maximum Gasteiger partial charge on any atom is 0.305 e. The first-order valence-electron chi connectivity index (χ1n) is 20.5. The van der Waals surface area contributed by atoms with Crippen LogP contribution in [-0.2, 0) is 19.1 Å². The fourth-order valence-electron chi connectivity index (χ4n) is 13.7. The molecule has 0 aromatic heterocycles. The van der Waals surface area contributed by atoms with Crippen molar-refractivity contribution in [2.75, 3.05) is 18.1 Å². The van der Waals surface area contributed by atoms with Gasteiger partial charge >= 0.3 is 11.9 Å². The topological polar surface area (TPSA) is 154 Å². The van der Waals surface area contributed by atoms with E-state index in [1.807, 2.05) is 11.8 Å². The average Bonchev–Trinajstić information content (AvgIpc) is 3.63. The molecule has 8 aliphatic rings. The predicted molar refractivity (Wildman–Crippen MR) is 202 cm³/mol. The molecular formula is C41H66O9S2. The minimum atomic E-state index is -0.422. The zero-order valence-electron chi connectivity index (χ0n) is 32.1.